The quantitative estimate of drug-likeness (QED) is 0.0292. The molecule has 8 N–H and O–H groups in total. The molecule has 2 aliphatic carbocycles. The number of nitrogens with one attached hydrogen (secondary N) is 5. The number of alkyl halides is 1. The molecule has 3 fully saturated rings. The fourth-order valence-corrected chi connectivity index (χ4v) is 15.8. The third-order valence-electron chi connectivity index (χ3n) is 22.0. The van der Waals surface area contributed by atoms with E-state index < -0.39 is 36.0 Å². The number of methoxy groups -OCH3 is 1. The molecule has 0 unspecified atom stereocenters. The zero-order valence-corrected chi connectivity index (χ0v) is 66.8. The number of alkyl carbamates (subject to hydrolysis) is 1. The van der Waals surface area contributed by atoms with Gasteiger partial charge in [-0.15, -0.1) is 11.6 Å². The number of rotatable bonds is 19. The van der Waals surface area contributed by atoms with Crippen molar-refractivity contribution in [3.63, 3.8) is 0 Å². The van der Waals surface area contributed by atoms with Crippen LogP contribution >= 0.6 is 11.6 Å². The number of amides is 3. The second kappa shape index (κ2) is 40.1. The van der Waals surface area contributed by atoms with Crippen molar-refractivity contribution in [1.82, 2.24) is 50.8 Å². The number of aliphatic carboxylic acids is 1. The fraction of sp³-hybridized carbons (Fsp3) is 0.348. The number of carbonyl (C=O) groups excluding carboxylic acids is 4. The molecule has 0 spiro atoms. The number of hydrogen-bond donors (Lipinski definition) is 7. The fourth-order valence-electron chi connectivity index (χ4n) is 15.8. The summed E-state index contributed by atoms with van der Waals surface area (Å²) in [4.78, 5) is 83.8. The Morgan fingerprint density at radius 2 is 0.991 bits per heavy atom. The molecule has 0 radical (unpaired) electrons. The first-order valence-electron chi connectivity index (χ1n) is 39.1. The minimum absolute atomic E-state index is 0. The number of H-pyrrole nitrogens is 1. The summed E-state index contributed by atoms with van der Waals surface area (Å²) in [5.74, 6) is -0.213. The summed E-state index contributed by atoms with van der Waals surface area (Å²) in [5.41, 5.74) is 21.2. The van der Waals surface area contributed by atoms with Crippen LogP contribution in [-0.2, 0) is 28.7 Å². The highest BCUT2D eigenvalue weighted by Gasteiger charge is 2.35. The maximum atomic E-state index is 13.8. The first-order valence-corrected chi connectivity index (χ1v) is 39.8. The van der Waals surface area contributed by atoms with E-state index in [1.165, 1.54) is 43.4 Å². The lowest BCUT2D eigenvalue weighted by Crippen LogP contribution is -2.48. The van der Waals surface area contributed by atoms with Gasteiger partial charge in [0.05, 0.1) is 36.1 Å². The summed E-state index contributed by atoms with van der Waals surface area (Å²) in [6.07, 6.45) is 6.69. The number of hydrogen-bond acceptors (Lipinski definition) is 17. The number of piperidine rings is 3. The van der Waals surface area contributed by atoms with E-state index in [9.17, 15) is 29.1 Å². The van der Waals surface area contributed by atoms with Crippen molar-refractivity contribution >= 4 is 69.2 Å². The predicted molar refractivity (Wildman–Crippen MR) is 455 cm³/mol. The van der Waals surface area contributed by atoms with Crippen LogP contribution in [-0.4, -0.2) is 175 Å². The van der Waals surface area contributed by atoms with Crippen molar-refractivity contribution in [3.8, 4) is 39.1 Å². The molecule has 16 rings (SSSR count). The summed E-state index contributed by atoms with van der Waals surface area (Å²) in [7, 11) is 7.99. The molecule has 3 amide bonds. The van der Waals surface area contributed by atoms with Gasteiger partial charge in [-0.25, -0.2) is 14.8 Å². The van der Waals surface area contributed by atoms with E-state index in [1.54, 1.807) is 31.4 Å². The van der Waals surface area contributed by atoms with Gasteiger partial charge in [-0.2, -0.15) is 0 Å². The molecule has 602 valence electrons. The van der Waals surface area contributed by atoms with E-state index in [-0.39, 0.29) is 62.8 Å². The van der Waals surface area contributed by atoms with Crippen LogP contribution in [0.25, 0.3) is 55.3 Å². The smallest absolute Gasteiger partial charge is 0.408 e. The van der Waals surface area contributed by atoms with Crippen LogP contribution in [0.2, 0.25) is 0 Å². The monoisotopic (exact) mass is 1570 g/mol. The zero-order valence-electron chi connectivity index (χ0n) is 66.0. The number of aromatic nitrogens is 4. The first kappa shape index (κ1) is 84.6. The Kier molecular flexibility index (Phi) is 29.5. The number of halogens is 1. The second-order valence-corrected chi connectivity index (χ2v) is 29.8. The van der Waals surface area contributed by atoms with E-state index >= 15 is 0 Å². The number of esters is 1. The van der Waals surface area contributed by atoms with Crippen molar-refractivity contribution in [2.24, 2.45) is 5.73 Å². The number of likely N-dealkylation sites (tertiary alicyclic amines) is 3. The lowest BCUT2D eigenvalue weighted by Gasteiger charge is -2.31. The van der Waals surface area contributed by atoms with Gasteiger partial charge in [-0.1, -0.05) is 201 Å². The third kappa shape index (κ3) is 20.8. The molecule has 0 saturated carbocycles. The van der Waals surface area contributed by atoms with E-state index in [1.807, 2.05) is 148 Å². The van der Waals surface area contributed by atoms with Crippen molar-refractivity contribution in [3.05, 3.63) is 256 Å². The number of fused-ring (bicyclic) bond motifs is 9. The normalized spacial score (nSPS) is 15.7. The maximum Gasteiger partial charge on any atom is 0.408 e. The highest BCUT2D eigenvalue weighted by molar-refractivity contribution is 6.15. The molecule has 3 aliphatic heterocycles. The average Bonchev–Trinajstić information content (AvgIpc) is 1.62. The number of carbonyl (C=O) groups is 5. The molecular weight excluding hydrogens is 1470 g/mol. The van der Waals surface area contributed by atoms with Crippen LogP contribution in [0.3, 0.4) is 0 Å². The largest absolute Gasteiger partial charge is 0.496 e. The summed E-state index contributed by atoms with van der Waals surface area (Å²) < 4.78 is 22.5. The highest BCUT2D eigenvalue weighted by atomic mass is 35.5. The number of carboxylic acid groups (broad SMARTS) is 1. The second-order valence-electron chi connectivity index (χ2n) is 29.8. The molecule has 0 bridgehead atoms. The van der Waals surface area contributed by atoms with Gasteiger partial charge in [-0.3, -0.25) is 19.2 Å². The number of ether oxygens (including phenoxy) is 3. The Morgan fingerprint density at radius 3 is 1.43 bits per heavy atom. The summed E-state index contributed by atoms with van der Waals surface area (Å²) in [6, 6.07) is 63.8. The van der Waals surface area contributed by atoms with Crippen LogP contribution in [0, 0.1) is 20.8 Å². The molecule has 11 aromatic rings. The predicted octanol–water partition coefficient (Wildman–Crippen LogP) is 15.7. The molecule has 8 aromatic carbocycles. The van der Waals surface area contributed by atoms with Crippen molar-refractivity contribution < 1.29 is 47.8 Å². The molecule has 5 aliphatic rings. The number of benzene rings is 8. The van der Waals surface area contributed by atoms with Crippen LogP contribution in [0.4, 0.5) is 10.6 Å². The van der Waals surface area contributed by atoms with E-state index in [0.717, 1.165) is 135 Å². The molecular formula is C92H107ClN12O10. The molecule has 23 heteroatoms. The SMILES string of the molecule is C.CCl.CN1CCC(N)CC1.CN1CCC(NC(=O)[C@@H](NC(=O)OCC2c3ccccc3-c3ccccc32)c2ccccc2)CC1.COc1cc2c(cc1-c1c(C)noc1C)[nH]c1nc(C)nc(N[C@H](C(=O)NC3CCN(C)CC3)c3ccccc3)c12.O=C(C[C@H](C(=O)O)c1ccccc1)OCC1c2ccccc2-c2ccccc21. The first-order chi connectivity index (χ1) is 55.3. The lowest BCUT2D eigenvalue weighted by atomic mass is 9.96. The van der Waals surface area contributed by atoms with Gasteiger partial charge >= 0.3 is 18.0 Å². The van der Waals surface area contributed by atoms with Gasteiger partial charge in [0.1, 0.15) is 54.1 Å². The number of nitrogens with zero attached hydrogens (tertiary/aromatic N) is 6. The van der Waals surface area contributed by atoms with Gasteiger partial charge in [-0.05, 0) is 193 Å². The topological polar surface area (TPSA) is 285 Å². The van der Waals surface area contributed by atoms with Gasteiger partial charge in [0.25, 0.3) is 0 Å². The Morgan fingerprint density at radius 1 is 0.565 bits per heavy atom. The van der Waals surface area contributed by atoms with Crippen LogP contribution in [0.1, 0.15) is 138 Å². The molecule has 6 heterocycles. The number of aryl methyl sites for hydroxylation is 3. The average molecular weight is 1580 g/mol. The molecule has 3 aromatic heterocycles. The van der Waals surface area contributed by atoms with Crippen molar-refractivity contribution in [2.75, 3.05) is 92.4 Å². The molecule has 115 heavy (non-hydrogen) atoms. The Balaban J connectivity index is 0.000000161. The number of carboxylic acids is 1. The Hall–Kier alpha value is -11.3. The minimum Gasteiger partial charge on any atom is -0.496 e. The Bertz CT molecular complexity index is 4960. The Labute approximate surface area is 678 Å². The summed E-state index contributed by atoms with van der Waals surface area (Å²) in [5, 5.41) is 28.0. The van der Waals surface area contributed by atoms with E-state index in [0.29, 0.717) is 34.6 Å². The standard InChI is InChI=1S/C31H35N7O3.C29H31N3O3.C24H20O4.C6H14N2.CH3Cl.CH4/c1-17-26(18(2)41-37-17)23-15-24-22(16-25(23)40-5)27-29(35-24)32-19(3)33-30(27)36-28(20-9-7-6-8-10-20)31(39)34-21-11-13-38(4)14-12-21;1-32-17-15-21(16-18-32)30-28(33)27(20-9-3-2-4-10-20)31-29(34)35-19-26-24-13-7-5-11-22(24)23-12-6-8-14-25(23)26;25-23(14-21(24(26)27)16-8-2-1-3-9-16)28-15-22-19-12-6-4-10-17(19)18-11-5-7-13-20(18)22;1-8-4-2-6(7)3-5-8;1-2;/h6-10,15-16,21,28H,11-14H2,1-5H3,(H,34,39)(H2,32,33,35,36);2-14,21,26-27H,15-19H2,1H3,(H,30,33)(H,31,34);1-13,21-22H,14-15H2,(H,26,27);6H,2-5,7H2,1H3;1H3;1H4/t28-;27-;21-;;;/m000.../s1. The zero-order chi connectivity index (χ0) is 80.4. The van der Waals surface area contributed by atoms with Gasteiger partial charge in [0, 0.05) is 52.8 Å². The summed E-state index contributed by atoms with van der Waals surface area (Å²) in [6.45, 7) is 12.2. The third-order valence-corrected chi connectivity index (χ3v) is 22.0. The maximum absolute atomic E-state index is 13.8. The van der Waals surface area contributed by atoms with Crippen LogP contribution in [0.15, 0.2) is 205 Å². The van der Waals surface area contributed by atoms with Crippen molar-refractivity contribution in [2.45, 2.75) is 121 Å². The number of anilines is 1. The van der Waals surface area contributed by atoms with Gasteiger partial charge < -0.3 is 70.5 Å². The van der Waals surface area contributed by atoms with E-state index in [2.05, 4.69) is 127 Å². The van der Waals surface area contributed by atoms with E-state index in [4.69, 9.17) is 34.4 Å². The summed E-state index contributed by atoms with van der Waals surface area (Å²) >= 11 is 4.64. The van der Waals surface area contributed by atoms with Gasteiger partial charge in [0.15, 0.2) is 0 Å². The van der Waals surface area contributed by atoms with Gasteiger partial charge in [0.2, 0.25) is 11.8 Å². The molecule has 3 atom stereocenters. The number of aromatic amines is 1. The molecule has 22 nitrogen and oxygen atoms in total. The highest BCUT2D eigenvalue weighted by Crippen LogP contribution is 2.47. The van der Waals surface area contributed by atoms with Crippen LogP contribution in [0.5, 0.6) is 5.75 Å². The molecule has 3 saturated heterocycles. The van der Waals surface area contributed by atoms with Crippen LogP contribution < -0.4 is 31.7 Å². The van der Waals surface area contributed by atoms with Crippen molar-refractivity contribution in [1.29, 1.82) is 0 Å². The number of nitrogens with two attached hydrogens (primary N) is 1. The lowest BCUT2D eigenvalue weighted by molar-refractivity contribution is -0.149. The minimum atomic E-state index is -1.03.